The Balaban J connectivity index is 3.13. The molecule has 0 bridgehead atoms. The molecule has 0 saturated carbocycles. The van der Waals surface area contributed by atoms with Crippen LogP contribution in [0.5, 0.6) is 0 Å². The van der Waals surface area contributed by atoms with Crippen LogP contribution in [0.1, 0.15) is 5.56 Å². The Labute approximate surface area is 101 Å². The van der Waals surface area contributed by atoms with E-state index in [1.54, 1.807) is 0 Å². The number of amidine groups is 1. The minimum Gasteiger partial charge on any atom is -0.404 e. The summed E-state index contributed by atoms with van der Waals surface area (Å²) in [4.78, 5) is 3.58. The average molecular weight is 254 g/mol. The topological polar surface area (TPSA) is 88.2 Å². The summed E-state index contributed by atoms with van der Waals surface area (Å²) in [5.41, 5.74) is 9.31. The molecule has 1 aromatic rings. The third-order valence-corrected chi connectivity index (χ3v) is 1.97. The molecule has 0 unspecified atom stereocenters. The Morgan fingerprint density at radius 1 is 1.39 bits per heavy atom. The van der Waals surface area contributed by atoms with E-state index in [4.69, 9.17) is 16.7 Å². The summed E-state index contributed by atoms with van der Waals surface area (Å²) in [6, 6.07) is 7.58. The normalized spacial score (nSPS) is 13.2. The Hall–Kier alpha value is -2.49. The van der Waals surface area contributed by atoms with Crippen molar-refractivity contribution in [3.05, 3.63) is 41.6 Å². The van der Waals surface area contributed by atoms with Gasteiger partial charge in [-0.25, -0.2) is 4.99 Å². The number of rotatable bonds is 2. The Morgan fingerprint density at radius 2 is 2.06 bits per heavy atom. The van der Waals surface area contributed by atoms with Crippen molar-refractivity contribution in [2.24, 2.45) is 16.5 Å². The lowest BCUT2D eigenvalue weighted by atomic mass is 10.2. The number of alkyl halides is 3. The molecular formula is C11H9F3N4. The van der Waals surface area contributed by atoms with E-state index < -0.39 is 17.6 Å². The van der Waals surface area contributed by atoms with Crippen LogP contribution in [-0.2, 0) is 0 Å². The summed E-state index contributed by atoms with van der Waals surface area (Å²) in [6.07, 6.45) is -4.32. The SMILES string of the molecule is N#Cc1cccc(N=C(N)C(=CN)C(F)(F)F)c1. The highest BCUT2D eigenvalue weighted by atomic mass is 19.4. The molecule has 4 nitrogen and oxygen atoms in total. The molecule has 1 aromatic carbocycles. The van der Waals surface area contributed by atoms with Crippen molar-refractivity contribution < 1.29 is 13.2 Å². The van der Waals surface area contributed by atoms with Gasteiger partial charge in [0.15, 0.2) is 0 Å². The molecule has 0 saturated heterocycles. The van der Waals surface area contributed by atoms with Crippen molar-refractivity contribution in [2.75, 3.05) is 0 Å². The smallest absolute Gasteiger partial charge is 0.404 e. The largest absolute Gasteiger partial charge is 0.421 e. The molecule has 0 atom stereocenters. The maximum absolute atomic E-state index is 12.5. The van der Waals surface area contributed by atoms with E-state index in [-0.39, 0.29) is 11.3 Å². The van der Waals surface area contributed by atoms with E-state index in [1.165, 1.54) is 24.3 Å². The van der Waals surface area contributed by atoms with Crippen molar-refractivity contribution in [2.45, 2.75) is 6.18 Å². The minimum atomic E-state index is -4.67. The van der Waals surface area contributed by atoms with Gasteiger partial charge in [0.2, 0.25) is 0 Å². The molecule has 0 fully saturated rings. The standard InChI is InChI=1S/C11H9F3N4/c12-11(13,14)9(6-16)10(17)18-8-3-1-2-7(4-8)5-15/h1-4,6H,16H2,(H2,17,18). The monoisotopic (exact) mass is 254 g/mol. The lowest BCUT2D eigenvalue weighted by molar-refractivity contribution is -0.0863. The van der Waals surface area contributed by atoms with Gasteiger partial charge in [-0.05, 0) is 18.2 Å². The second kappa shape index (κ2) is 5.23. The van der Waals surface area contributed by atoms with Crippen molar-refractivity contribution in [3.8, 4) is 6.07 Å². The van der Waals surface area contributed by atoms with Gasteiger partial charge in [-0.1, -0.05) is 6.07 Å². The predicted octanol–water partition coefficient (Wildman–Crippen LogP) is 1.95. The Bertz CT molecular complexity index is 538. The molecule has 0 amide bonds. The fourth-order valence-corrected chi connectivity index (χ4v) is 1.17. The summed E-state index contributed by atoms with van der Waals surface area (Å²) in [6.45, 7) is 0. The molecule has 0 aliphatic carbocycles. The number of nitrogens with zero attached hydrogens (tertiary/aromatic N) is 2. The highest BCUT2D eigenvalue weighted by Crippen LogP contribution is 2.26. The number of benzene rings is 1. The molecule has 7 heteroatoms. The molecule has 0 aromatic heterocycles. The molecule has 94 valence electrons. The quantitative estimate of drug-likeness (QED) is 0.624. The second-order valence-electron chi connectivity index (χ2n) is 3.24. The summed E-state index contributed by atoms with van der Waals surface area (Å²) in [5, 5.41) is 8.64. The first-order valence-corrected chi connectivity index (χ1v) is 4.72. The van der Waals surface area contributed by atoms with Crippen LogP contribution in [0.3, 0.4) is 0 Å². The lowest BCUT2D eigenvalue weighted by Gasteiger charge is -2.09. The summed E-state index contributed by atoms with van der Waals surface area (Å²) < 4.78 is 37.4. The number of aliphatic imine (C=N–C) groups is 1. The van der Waals surface area contributed by atoms with E-state index in [9.17, 15) is 13.2 Å². The van der Waals surface area contributed by atoms with Crippen molar-refractivity contribution >= 4 is 11.5 Å². The van der Waals surface area contributed by atoms with Crippen LogP contribution in [0.4, 0.5) is 18.9 Å². The average Bonchev–Trinajstić information content (AvgIpc) is 2.28. The molecule has 1 rings (SSSR count). The fraction of sp³-hybridized carbons (Fsp3) is 0.0909. The van der Waals surface area contributed by atoms with Crippen LogP contribution in [0.15, 0.2) is 41.0 Å². The van der Waals surface area contributed by atoms with Crippen LogP contribution < -0.4 is 11.5 Å². The number of nitriles is 1. The molecule has 18 heavy (non-hydrogen) atoms. The van der Waals surface area contributed by atoms with Gasteiger partial charge in [-0.15, -0.1) is 0 Å². The maximum atomic E-state index is 12.5. The van der Waals surface area contributed by atoms with Gasteiger partial charge in [0.1, 0.15) is 11.4 Å². The van der Waals surface area contributed by atoms with Crippen molar-refractivity contribution in [1.29, 1.82) is 5.26 Å². The van der Waals surface area contributed by atoms with E-state index in [2.05, 4.69) is 4.99 Å². The van der Waals surface area contributed by atoms with E-state index >= 15 is 0 Å². The zero-order valence-corrected chi connectivity index (χ0v) is 9.07. The zero-order chi connectivity index (χ0) is 13.8. The van der Waals surface area contributed by atoms with Gasteiger partial charge < -0.3 is 11.5 Å². The molecule has 4 N–H and O–H groups in total. The first-order valence-electron chi connectivity index (χ1n) is 4.72. The van der Waals surface area contributed by atoms with E-state index in [0.29, 0.717) is 6.20 Å². The number of nitrogens with two attached hydrogens (primary N) is 2. The fourth-order valence-electron chi connectivity index (χ4n) is 1.17. The van der Waals surface area contributed by atoms with E-state index in [1.807, 2.05) is 6.07 Å². The van der Waals surface area contributed by atoms with Crippen LogP contribution in [0, 0.1) is 11.3 Å². The third kappa shape index (κ3) is 3.25. The molecule has 0 radical (unpaired) electrons. The summed E-state index contributed by atoms with van der Waals surface area (Å²) in [7, 11) is 0. The van der Waals surface area contributed by atoms with Gasteiger partial charge >= 0.3 is 6.18 Å². The maximum Gasteiger partial charge on any atom is 0.421 e. The predicted molar refractivity (Wildman–Crippen MR) is 60.8 cm³/mol. The second-order valence-corrected chi connectivity index (χ2v) is 3.24. The van der Waals surface area contributed by atoms with Crippen LogP contribution in [0.25, 0.3) is 0 Å². The zero-order valence-electron chi connectivity index (χ0n) is 9.07. The highest BCUT2D eigenvalue weighted by Gasteiger charge is 2.36. The number of hydrogen-bond donors (Lipinski definition) is 2. The van der Waals surface area contributed by atoms with Crippen LogP contribution >= 0.6 is 0 Å². The molecule has 0 heterocycles. The summed E-state index contributed by atoms with van der Waals surface area (Å²) in [5.74, 6) is -0.750. The number of halogens is 3. The Kier molecular flexibility index (Phi) is 3.94. The van der Waals surface area contributed by atoms with Gasteiger partial charge in [-0.2, -0.15) is 18.4 Å². The van der Waals surface area contributed by atoms with Crippen molar-refractivity contribution in [1.82, 2.24) is 0 Å². The first kappa shape index (κ1) is 13.6. The molecule has 0 spiro atoms. The van der Waals surface area contributed by atoms with Crippen molar-refractivity contribution in [3.63, 3.8) is 0 Å². The highest BCUT2D eigenvalue weighted by molar-refractivity contribution is 5.99. The summed E-state index contributed by atoms with van der Waals surface area (Å²) >= 11 is 0. The molecule has 0 aliphatic rings. The van der Waals surface area contributed by atoms with Gasteiger partial charge in [0.05, 0.1) is 17.3 Å². The molecular weight excluding hydrogens is 245 g/mol. The van der Waals surface area contributed by atoms with E-state index in [0.717, 1.165) is 0 Å². The van der Waals surface area contributed by atoms with Gasteiger partial charge in [0.25, 0.3) is 0 Å². The molecule has 0 aliphatic heterocycles. The third-order valence-electron chi connectivity index (χ3n) is 1.97. The Morgan fingerprint density at radius 3 is 2.56 bits per heavy atom. The lowest BCUT2D eigenvalue weighted by Crippen LogP contribution is -2.27. The van der Waals surface area contributed by atoms with Crippen LogP contribution in [0.2, 0.25) is 0 Å². The van der Waals surface area contributed by atoms with Crippen LogP contribution in [-0.4, -0.2) is 12.0 Å². The first-order chi connectivity index (χ1) is 8.38. The van der Waals surface area contributed by atoms with Gasteiger partial charge in [0, 0.05) is 6.20 Å². The minimum absolute atomic E-state index is 0.148. The number of hydrogen-bond acceptors (Lipinski definition) is 3. The van der Waals surface area contributed by atoms with Gasteiger partial charge in [-0.3, -0.25) is 0 Å².